The highest BCUT2D eigenvalue weighted by Gasteiger charge is 2.30. The summed E-state index contributed by atoms with van der Waals surface area (Å²) in [5, 5.41) is 2.53. The molecule has 0 saturated heterocycles. The number of halogens is 3. The van der Waals surface area contributed by atoms with E-state index in [2.05, 4.69) is 10.0 Å². The summed E-state index contributed by atoms with van der Waals surface area (Å²) in [7, 11) is -3.69. The first-order valence-electron chi connectivity index (χ1n) is 6.20. The molecular formula is C12H15F3N2O2S. The number of rotatable bonds is 6. The van der Waals surface area contributed by atoms with Crippen molar-refractivity contribution in [3.8, 4) is 0 Å². The van der Waals surface area contributed by atoms with Gasteiger partial charge in [-0.1, -0.05) is 12.1 Å². The van der Waals surface area contributed by atoms with Crippen LogP contribution in [-0.4, -0.2) is 27.2 Å². The lowest BCUT2D eigenvalue weighted by Gasteiger charge is -2.13. The van der Waals surface area contributed by atoms with Crippen molar-refractivity contribution in [1.82, 2.24) is 4.72 Å². The van der Waals surface area contributed by atoms with Crippen LogP contribution in [-0.2, 0) is 10.0 Å². The number of para-hydroxylation sites is 1. The molecule has 0 bridgehead atoms. The maximum atomic E-state index is 12.1. The molecule has 0 unspecified atom stereocenters. The summed E-state index contributed by atoms with van der Waals surface area (Å²) in [5.41, 5.74) is 0.185. The highest BCUT2D eigenvalue weighted by molar-refractivity contribution is 7.89. The third-order valence-electron chi connectivity index (χ3n) is 2.80. The van der Waals surface area contributed by atoms with Gasteiger partial charge in [-0.15, -0.1) is 0 Å². The van der Waals surface area contributed by atoms with Gasteiger partial charge in [-0.25, -0.2) is 13.1 Å². The van der Waals surface area contributed by atoms with E-state index in [1.54, 1.807) is 6.07 Å². The molecule has 1 aliphatic carbocycles. The molecule has 1 aliphatic rings. The van der Waals surface area contributed by atoms with Crippen LogP contribution < -0.4 is 10.0 Å². The Morgan fingerprint density at radius 2 is 1.85 bits per heavy atom. The molecule has 0 spiro atoms. The normalized spacial score (nSPS) is 16.1. The van der Waals surface area contributed by atoms with E-state index in [0.29, 0.717) is 0 Å². The Kier molecular flexibility index (Phi) is 4.24. The monoisotopic (exact) mass is 308 g/mol. The molecule has 20 heavy (non-hydrogen) atoms. The summed E-state index contributed by atoms with van der Waals surface area (Å²) in [6, 6.07) is 5.89. The Morgan fingerprint density at radius 3 is 2.45 bits per heavy atom. The molecular weight excluding hydrogens is 293 g/mol. The van der Waals surface area contributed by atoms with E-state index in [4.69, 9.17) is 0 Å². The fourth-order valence-corrected chi connectivity index (χ4v) is 3.16. The Labute approximate surface area is 115 Å². The van der Waals surface area contributed by atoms with Gasteiger partial charge in [0.2, 0.25) is 10.0 Å². The highest BCUT2D eigenvalue weighted by Crippen LogP contribution is 2.26. The summed E-state index contributed by atoms with van der Waals surface area (Å²) in [6.45, 7) is -0.362. The molecule has 0 radical (unpaired) electrons. The third kappa shape index (κ3) is 4.38. The summed E-state index contributed by atoms with van der Waals surface area (Å²) in [6.07, 6.45) is -3.70. The quantitative estimate of drug-likeness (QED) is 0.849. The molecule has 0 amide bonds. The highest BCUT2D eigenvalue weighted by atomic mass is 32.2. The Balaban J connectivity index is 2.09. The van der Waals surface area contributed by atoms with Gasteiger partial charge in [0.15, 0.2) is 0 Å². The predicted octanol–water partition coefficient (Wildman–Crippen LogP) is 2.49. The largest absolute Gasteiger partial charge is 0.390 e. The van der Waals surface area contributed by atoms with Crippen molar-refractivity contribution < 1.29 is 21.6 Å². The number of alkyl halides is 3. The van der Waals surface area contributed by atoms with Gasteiger partial charge in [-0.05, 0) is 25.0 Å². The molecule has 0 heterocycles. The SMILES string of the molecule is O=S(=O)(NC1CC1)c1ccccc1NCCC(F)(F)F. The first kappa shape index (κ1) is 15.1. The first-order valence-corrected chi connectivity index (χ1v) is 7.68. The van der Waals surface area contributed by atoms with Gasteiger partial charge >= 0.3 is 6.18 Å². The van der Waals surface area contributed by atoms with E-state index >= 15 is 0 Å². The summed E-state index contributed by atoms with van der Waals surface area (Å²) in [4.78, 5) is -0.0194. The van der Waals surface area contributed by atoms with Gasteiger partial charge in [-0.3, -0.25) is 0 Å². The van der Waals surface area contributed by atoms with Crippen LogP contribution in [0.4, 0.5) is 18.9 Å². The van der Waals surface area contributed by atoms with E-state index in [1.165, 1.54) is 18.2 Å². The predicted molar refractivity (Wildman–Crippen MR) is 68.9 cm³/mol. The second-order valence-electron chi connectivity index (χ2n) is 4.68. The van der Waals surface area contributed by atoms with Crippen LogP contribution in [0.3, 0.4) is 0 Å². The first-order chi connectivity index (χ1) is 9.28. The van der Waals surface area contributed by atoms with E-state index < -0.39 is 22.6 Å². The van der Waals surface area contributed by atoms with Gasteiger partial charge in [0.25, 0.3) is 0 Å². The topological polar surface area (TPSA) is 58.2 Å². The lowest BCUT2D eigenvalue weighted by Crippen LogP contribution is -2.26. The lowest BCUT2D eigenvalue weighted by molar-refractivity contribution is -0.131. The number of benzene rings is 1. The van der Waals surface area contributed by atoms with E-state index in [0.717, 1.165) is 12.8 Å². The minimum atomic E-state index is -4.27. The van der Waals surface area contributed by atoms with Crippen LogP contribution in [0.2, 0.25) is 0 Å². The molecule has 0 aliphatic heterocycles. The zero-order valence-electron chi connectivity index (χ0n) is 10.6. The minimum absolute atomic E-state index is 0.0194. The molecule has 1 aromatic carbocycles. The van der Waals surface area contributed by atoms with E-state index in [9.17, 15) is 21.6 Å². The second kappa shape index (κ2) is 5.61. The Hall–Kier alpha value is -1.28. The number of hydrogen-bond donors (Lipinski definition) is 2. The zero-order valence-corrected chi connectivity index (χ0v) is 11.4. The Morgan fingerprint density at radius 1 is 1.20 bits per heavy atom. The summed E-state index contributed by atoms with van der Waals surface area (Å²) >= 11 is 0. The number of sulfonamides is 1. The maximum absolute atomic E-state index is 12.1. The van der Waals surface area contributed by atoms with Crippen molar-refractivity contribution in [3.63, 3.8) is 0 Å². The van der Waals surface area contributed by atoms with Crippen LogP contribution in [0.15, 0.2) is 29.2 Å². The summed E-state index contributed by atoms with van der Waals surface area (Å²) < 4.78 is 63.0. The molecule has 2 N–H and O–H groups in total. The molecule has 1 saturated carbocycles. The molecule has 2 rings (SSSR count). The van der Waals surface area contributed by atoms with Crippen LogP contribution in [0.25, 0.3) is 0 Å². The number of hydrogen-bond acceptors (Lipinski definition) is 3. The lowest BCUT2D eigenvalue weighted by atomic mass is 10.3. The van der Waals surface area contributed by atoms with Crippen molar-refractivity contribution in [1.29, 1.82) is 0 Å². The Bertz CT molecular complexity index is 568. The maximum Gasteiger partial charge on any atom is 0.390 e. The van der Waals surface area contributed by atoms with Crippen LogP contribution in [0.5, 0.6) is 0 Å². The smallest absolute Gasteiger partial charge is 0.384 e. The standard InChI is InChI=1S/C12H15F3N2O2S/c13-12(14,15)7-8-16-10-3-1-2-4-11(10)20(18,19)17-9-5-6-9/h1-4,9,16-17H,5-8H2. The molecule has 4 nitrogen and oxygen atoms in total. The fourth-order valence-electron chi connectivity index (χ4n) is 1.67. The zero-order chi connectivity index (χ0) is 14.8. The van der Waals surface area contributed by atoms with E-state index in [1.807, 2.05) is 0 Å². The van der Waals surface area contributed by atoms with Gasteiger partial charge < -0.3 is 5.32 Å². The van der Waals surface area contributed by atoms with Crippen LogP contribution >= 0.6 is 0 Å². The minimum Gasteiger partial charge on any atom is -0.384 e. The molecule has 0 aromatic heterocycles. The van der Waals surface area contributed by atoms with Crippen LogP contribution in [0, 0.1) is 0 Å². The molecule has 112 valence electrons. The van der Waals surface area contributed by atoms with Crippen molar-refractivity contribution in [2.45, 2.75) is 36.4 Å². The number of nitrogens with one attached hydrogen (secondary N) is 2. The molecule has 1 fully saturated rings. The van der Waals surface area contributed by atoms with Crippen LogP contribution in [0.1, 0.15) is 19.3 Å². The van der Waals surface area contributed by atoms with Gasteiger partial charge in [-0.2, -0.15) is 13.2 Å². The van der Waals surface area contributed by atoms with Gasteiger partial charge in [0.1, 0.15) is 4.90 Å². The van der Waals surface area contributed by atoms with Crippen molar-refractivity contribution in [2.24, 2.45) is 0 Å². The van der Waals surface area contributed by atoms with Crippen molar-refractivity contribution in [2.75, 3.05) is 11.9 Å². The molecule has 8 heteroatoms. The number of anilines is 1. The summed E-state index contributed by atoms with van der Waals surface area (Å²) in [5.74, 6) is 0. The van der Waals surface area contributed by atoms with Crippen molar-refractivity contribution >= 4 is 15.7 Å². The average molecular weight is 308 g/mol. The van der Waals surface area contributed by atoms with E-state index in [-0.39, 0.29) is 23.2 Å². The molecule has 0 atom stereocenters. The third-order valence-corrected chi connectivity index (χ3v) is 4.38. The average Bonchev–Trinajstić information content (AvgIpc) is 3.11. The second-order valence-corrected chi connectivity index (χ2v) is 6.37. The molecule has 1 aromatic rings. The van der Waals surface area contributed by atoms with Gasteiger partial charge in [0.05, 0.1) is 12.1 Å². The van der Waals surface area contributed by atoms with Gasteiger partial charge in [0, 0.05) is 12.6 Å². The fraction of sp³-hybridized carbons (Fsp3) is 0.500. The van der Waals surface area contributed by atoms with Crippen molar-refractivity contribution in [3.05, 3.63) is 24.3 Å².